The van der Waals surface area contributed by atoms with Crippen molar-refractivity contribution in [1.29, 1.82) is 0 Å². The summed E-state index contributed by atoms with van der Waals surface area (Å²) < 4.78 is 5.52. The second kappa shape index (κ2) is 9.53. The van der Waals surface area contributed by atoms with Crippen molar-refractivity contribution in [2.75, 3.05) is 18.5 Å². The molecule has 21 heavy (non-hydrogen) atoms. The molecule has 0 aliphatic rings. The SMILES string of the molecule is CC(=O)Nc1cccc(C(C)NCCCCOC(C)C)c1. The normalized spacial score (nSPS) is 12.4. The van der Waals surface area contributed by atoms with E-state index in [1.807, 2.05) is 18.2 Å². The molecule has 1 atom stereocenters. The summed E-state index contributed by atoms with van der Waals surface area (Å²) in [5, 5.41) is 6.31. The molecule has 0 radical (unpaired) electrons. The van der Waals surface area contributed by atoms with Crippen LogP contribution in [0.2, 0.25) is 0 Å². The molecule has 1 aromatic rings. The monoisotopic (exact) mass is 292 g/mol. The van der Waals surface area contributed by atoms with Gasteiger partial charge in [-0.25, -0.2) is 0 Å². The quantitative estimate of drug-likeness (QED) is 0.685. The first-order valence-electron chi connectivity index (χ1n) is 7.71. The van der Waals surface area contributed by atoms with E-state index in [0.29, 0.717) is 6.10 Å². The summed E-state index contributed by atoms with van der Waals surface area (Å²) in [5.41, 5.74) is 2.03. The number of ether oxygens (including phenoxy) is 1. The molecule has 1 unspecified atom stereocenters. The number of hydrogen-bond donors (Lipinski definition) is 2. The van der Waals surface area contributed by atoms with Gasteiger partial charge in [-0.15, -0.1) is 0 Å². The van der Waals surface area contributed by atoms with Crippen molar-refractivity contribution >= 4 is 11.6 Å². The smallest absolute Gasteiger partial charge is 0.221 e. The van der Waals surface area contributed by atoms with Gasteiger partial charge >= 0.3 is 0 Å². The highest BCUT2D eigenvalue weighted by Crippen LogP contribution is 2.17. The topological polar surface area (TPSA) is 50.4 Å². The Morgan fingerprint density at radius 2 is 2.00 bits per heavy atom. The molecule has 0 spiro atoms. The van der Waals surface area contributed by atoms with Crippen LogP contribution >= 0.6 is 0 Å². The molecule has 0 saturated carbocycles. The van der Waals surface area contributed by atoms with E-state index in [2.05, 4.69) is 37.5 Å². The second-order valence-electron chi connectivity index (χ2n) is 5.61. The number of carbonyl (C=O) groups is 1. The summed E-state index contributed by atoms with van der Waals surface area (Å²) in [6, 6.07) is 8.23. The van der Waals surface area contributed by atoms with Crippen LogP contribution in [0.15, 0.2) is 24.3 Å². The maximum Gasteiger partial charge on any atom is 0.221 e. The molecule has 1 aromatic carbocycles. The fourth-order valence-electron chi connectivity index (χ4n) is 2.07. The van der Waals surface area contributed by atoms with E-state index in [9.17, 15) is 4.79 Å². The summed E-state index contributed by atoms with van der Waals surface area (Å²) in [4.78, 5) is 11.1. The third-order valence-corrected chi connectivity index (χ3v) is 3.18. The van der Waals surface area contributed by atoms with Gasteiger partial charge in [-0.05, 0) is 57.9 Å². The minimum Gasteiger partial charge on any atom is -0.379 e. The summed E-state index contributed by atoms with van der Waals surface area (Å²) in [6.45, 7) is 9.56. The lowest BCUT2D eigenvalue weighted by atomic mass is 10.1. The van der Waals surface area contributed by atoms with Crippen LogP contribution < -0.4 is 10.6 Å². The predicted octanol–water partition coefficient (Wildman–Crippen LogP) is 3.50. The lowest BCUT2D eigenvalue weighted by Gasteiger charge is -2.15. The molecule has 1 rings (SSSR count). The first kappa shape index (κ1) is 17.7. The van der Waals surface area contributed by atoms with Crippen LogP contribution in [0.1, 0.15) is 52.1 Å². The first-order valence-corrected chi connectivity index (χ1v) is 7.71. The lowest BCUT2D eigenvalue weighted by molar-refractivity contribution is -0.114. The Bertz CT molecular complexity index is 433. The number of nitrogens with one attached hydrogen (secondary N) is 2. The molecule has 4 heteroatoms. The fraction of sp³-hybridized carbons (Fsp3) is 0.588. The molecule has 0 aliphatic carbocycles. The highest BCUT2D eigenvalue weighted by molar-refractivity contribution is 5.88. The van der Waals surface area contributed by atoms with Crippen molar-refractivity contribution in [3.63, 3.8) is 0 Å². The number of carbonyl (C=O) groups excluding carboxylic acids is 1. The predicted molar refractivity (Wildman–Crippen MR) is 87.5 cm³/mol. The summed E-state index contributed by atoms with van der Waals surface area (Å²) in [6.07, 6.45) is 2.49. The van der Waals surface area contributed by atoms with Crippen LogP contribution in [0.4, 0.5) is 5.69 Å². The molecule has 0 aliphatic heterocycles. The molecule has 118 valence electrons. The lowest BCUT2D eigenvalue weighted by Crippen LogP contribution is -2.20. The average Bonchev–Trinajstić information content (AvgIpc) is 2.41. The van der Waals surface area contributed by atoms with Gasteiger partial charge in [0.15, 0.2) is 0 Å². The van der Waals surface area contributed by atoms with Gasteiger partial charge < -0.3 is 15.4 Å². The van der Waals surface area contributed by atoms with Crippen LogP contribution in [-0.2, 0) is 9.53 Å². The van der Waals surface area contributed by atoms with Crippen LogP contribution in [0.25, 0.3) is 0 Å². The number of amides is 1. The van der Waals surface area contributed by atoms with Gasteiger partial charge in [-0.1, -0.05) is 12.1 Å². The highest BCUT2D eigenvalue weighted by atomic mass is 16.5. The van der Waals surface area contributed by atoms with Crippen molar-refractivity contribution in [3.05, 3.63) is 29.8 Å². The van der Waals surface area contributed by atoms with Crippen molar-refractivity contribution in [1.82, 2.24) is 5.32 Å². The van der Waals surface area contributed by atoms with Crippen molar-refractivity contribution in [2.45, 2.75) is 52.7 Å². The van der Waals surface area contributed by atoms with Crippen molar-refractivity contribution in [2.24, 2.45) is 0 Å². The Labute approximate surface area is 128 Å². The van der Waals surface area contributed by atoms with Gasteiger partial charge in [0.25, 0.3) is 0 Å². The van der Waals surface area contributed by atoms with Crippen molar-refractivity contribution in [3.8, 4) is 0 Å². The van der Waals surface area contributed by atoms with E-state index in [-0.39, 0.29) is 11.9 Å². The Morgan fingerprint density at radius 3 is 2.67 bits per heavy atom. The van der Waals surface area contributed by atoms with E-state index < -0.39 is 0 Å². The van der Waals surface area contributed by atoms with Crippen LogP contribution in [-0.4, -0.2) is 25.2 Å². The summed E-state index contributed by atoms with van der Waals surface area (Å²) in [7, 11) is 0. The highest BCUT2D eigenvalue weighted by Gasteiger charge is 2.05. The molecule has 0 fully saturated rings. The zero-order valence-corrected chi connectivity index (χ0v) is 13.6. The van der Waals surface area contributed by atoms with Crippen molar-refractivity contribution < 1.29 is 9.53 Å². The van der Waals surface area contributed by atoms with Crippen LogP contribution in [0.3, 0.4) is 0 Å². The Balaban J connectivity index is 2.31. The Hall–Kier alpha value is -1.39. The zero-order valence-electron chi connectivity index (χ0n) is 13.6. The molecule has 4 nitrogen and oxygen atoms in total. The van der Waals surface area contributed by atoms with Gasteiger partial charge in [0, 0.05) is 25.3 Å². The Morgan fingerprint density at radius 1 is 1.24 bits per heavy atom. The molecular weight excluding hydrogens is 264 g/mol. The zero-order chi connectivity index (χ0) is 15.7. The van der Waals surface area contributed by atoms with Crippen LogP contribution in [0.5, 0.6) is 0 Å². The standard InChI is InChI=1S/C17H28N2O2/c1-13(2)21-11-6-5-10-18-14(3)16-8-7-9-17(12-16)19-15(4)20/h7-9,12-14,18H,5-6,10-11H2,1-4H3,(H,19,20). The average molecular weight is 292 g/mol. The van der Waals surface area contributed by atoms with E-state index in [0.717, 1.165) is 31.7 Å². The third kappa shape index (κ3) is 7.83. The largest absolute Gasteiger partial charge is 0.379 e. The fourth-order valence-corrected chi connectivity index (χ4v) is 2.07. The molecule has 0 heterocycles. The molecule has 0 saturated heterocycles. The minimum atomic E-state index is -0.0436. The number of anilines is 1. The molecule has 0 aromatic heterocycles. The third-order valence-electron chi connectivity index (χ3n) is 3.18. The van der Waals surface area contributed by atoms with E-state index in [1.54, 1.807) is 0 Å². The Kier molecular flexibility index (Phi) is 8.01. The van der Waals surface area contributed by atoms with Gasteiger partial charge in [0.05, 0.1) is 6.10 Å². The maximum atomic E-state index is 11.1. The van der Waals surface area contributed by atoms with Gasteiger partial charge in [0.2, 0.25) is 5.91 Å². The minimum absolute atomic E-state index is 0.0436. The molecule has 0 bridgehead atoms. The van der Waals surface area contributed by atoms with E-state index in [4.69, 9.17) is 4.74 Å². The maximum absolute atomic E-state index is 11.1. The summed E-state index contributed by atoms with van der Waals surface area (Å²) in [5.74, 6) is -0.0436. The van der Waals surface area contributed by atoms with Crippen LogP contribution in [0, 0.1) is 0 Å². The first-order chi connectivity index (χ1) is 9.99. The molecular formula is C17H28N2O2. The second-order valence-corrected chi connectivity index (χ2v) is 5.61. The summed E-state index contributed by atoms with van der Waals surface area (Å²) >= 11 is 0. The van der Waals surface area contributed by atoms with Gasteiger partial charge in [-0.3, -0.25) is 4.79 Å². The number of rotatable bonds is 9. The number of benzene rings is 1. The number of hydrogen-bond acceptors (Lipinski definition) is 3. The van der Waals surface area contributed by atoms with E-state index >= 15 is 0 Å². The number of unbranched alkanes of at least 4 members (excludes halogenated alkanes) is 1. The molecule has 2 N–H and O–H groups in total. The van der Waals surface area contributed by atoms with Gasteiger partial charge in [0.1, 0.15) is 0 Å². The van der Waals surface area contributed by atoms with E-state index in [1.165, 1.54) is 12.5 Å². The molecule has 1 amide bonds. The van der Waals surface area contributed by atoms with Gasteiger partial charge in [-0.2, -0.15) is 0 Å².